The second-order valence-electron chi connectivity index (χ2n) is 5.81. The highest BCUT2D eigenvalue weighted by molar-refractivity contribution is 5.48. The number of aliphatic hydroxyl groups is 2. The van der Waals surface area contributed by atoms with Gasteiger partial charge in [0.2, 0.25) is 0 Å². The molecule has 1 rings (SSSR count). The van der Waals surface area contributed by atoms with Gasteiger partial charge in [0, 0.05) is 18.2 Å². The van der Waals surface area contributed by atoms with Crippen LogP contribution in [0.15, 0.2) is 18.2 Å². The number of hydrogen-bond acceptors (Lipinski definition) is 6. The molecule has 0 aliphatic heterocycles. The van der Waals surface area contributed by atoms with E-state index in [-0.39, 0.29) is 23.6 Å². The van der Waals surface area contributed by atoms with E-state index in [4.69, 9.17) is 9.84 Å². The molecule has 1 atom stereocenters. The van der Waals surface area contributed by atoms with Crippen molar-refractivity contribution < 1.29 is 19.9 Å². The van der Waals surface area contributed by atoms with E-state index >= 15 is 0 Å². The normalized spacial score (nSPS) is 13.0. The summed E-state index contributed by atoms with van der Waals surface area (Å²) in [5.41, 5.74) is 0.523. The van der Waals surface area contributed by atoms with E-state index in [9.17, 15) is 15.2 Å². The van der Waals surface area contributed by atoms with E-state index in [0.717, 1.165) is 5.56 Å². The molecule has 1 unspecified atom stereocenters. The molecule has 0 saturated heterocycles. The third kappa shape index (κ3) is 6.07. The molecule has 21 heavy (non-hydrogen) atoms. The fraction of sp³-hybridized carbons (Fsp3) is 0.571. The van der Waals surface area contributed by atoms with Gasteiger partial charge in [-0.25, -0.2) is 0 Å². The van der Waals surface area contributed by atoms with Crippen LogP contribution in [0.1, 0.15) is 26.3 Å². The maximum atomic E-state index is 11.1. The van der Waals surface area contributed by atoms with Gasteiger partial charge < -0.3 is 20.3 Å². The van der Waals surface area contributed by atoms with Crippen LogP contribution in [0.25, 0.3) is 0 Å². The summed E-state index contributed by atoms with van der Waals surface area (Å²) >= 11 is 0. The summed E-state index contributed by atoms with van der Waals surface area (Å²) in [7, 11) is 0. The number of rotatable bonds is 7. The third-order valence-electron chi connectivity index (χ3n) is 2.68. The van der Waals surface area contributed by atoms with Gasteiger partial charge in [0.25, 0.3) is 0 Å². The van der Waals surface area contributed by atoms with Gasteiger partial charge in [0.15, 0.2) is 5.75 Å². The van der Waals surface area contributed by atoms with E-state index in [2.05, 4.69) is 5.32 Å². The van der Waals surface area contributed by atoms with Gasteiger partial charge in [-0.3, -0.25) is 10.1 Å². The predicted molar refractivity (Wildman–Crippen MR) is 78.3 cm³/mol. The Morgan fingerprint density at radius 2 is 2.10 bits per heavy atom. The average Bonchev–Trinajstić information content (AvgIpc) is 2.41. The van der Waals surface area contributed by atoms with Crippen molar-refractivity contribution in [2.75, 3.05) is 13.2 Å². The Labute approximate surface area is 123 Å². The van der Waals surface area contributed by atoms with Crippen LogP contribution in [0.4, 0.5) is 5.69 Å². The molecule has 0 amide bonds. The van der Waals surface area contributed by atoms with Crippen molar-refractivity contribution in [1.82, 2.24) is 5.32 Å². The van der Waals surface area contributed by atoms with E-state index < -0.39 is 17.6 Å². The van der Waals surface area contributed by atoms with Crippen molar-refractivity contribution in [1.29, 1.82) is 0 Å². The zero-order chi connectivity index (χ0) is 16.0. The molecule has 7 heteroatoms. The minimum Gasteiger partial charge on any atom is -0.484 e. The van der Waals surface area contributed by atoms with Crippen molar-refractivity contribution in [3.63, 3.8) is 0 Å². The smallest absolute Gasteiger partial charge is 0.311 e. The zero-order valence-electron chi connectivity index (χ0n) is 12.5. The summed E-state index contributed by atoms with van der Waals surface area (Å²) in [6, 6.07) is 4.67. The molecule has 1 aromatic rings. The van der Waals surface area contributed by atoms with Crippen molar-refractivity contribution in [3.8, 4) is 5.75 Å². The molecule has 0 fully saturated rings. The number of ether oxygens (including phenoxy) is 1. The van der Waals surface area contributed by atoms with E-state index in [0.29, 0.717) is 6.54 Å². The summed E-state index contributed by atoms with van der Waals surface area (Å²) in [4.78, 5) is 10.6. The summed E-state index contributed by atoms with van der Waals surface area (Å²) in [6.07, 6.45) is -1.06. The third-order valence-corrected chi connectivity index (χ3v) is 2.68. The van der Waals surface area contributed by atoms with E-state index in [1.807, 2.05) is 20.8 Å². The largest absolute Gasteiger partial charge is 0.484 e. The van der Waals surface area contributed by atoms with Gasteiger partial charge >= 0.3 is 5.69 Å². The molecular weight excluding hydrogens is 276 g/mol. The Morgan fingerprint density at radius 3 is 2.62 bits per heavy atom. The van der Waals surface area contributed by atoms with Gasteiger partial charge in [0.1, 0.15) is 12.7 Å². The molecule has 0 aliphatic carbocycles. The number of benzene rings is 1. The lowest BCUT2D eigenvalue weighted by atomic mass is 10.1. The molecule has 0 spiro atoms. The summed E-state index contributed by atoms with van der Waals surface area (Å²) in [6.45, 7) is 5.88. The molecule has 0 aliphatic rings. The van der Waals surface area contributed by atoms with Gasteiger partial charge in [0.05, 0.1) is 11.5 Å². The minimum atomic E-state index is -1.06. The van der Waals surface area contributed by atoms with Crippen molar-refractivity contribution in [2.45, 2.75) is 39.0 Å². The van der Waals surface area contributed by atoms with Crippen LogP contribution in [0, 0.1) is 10.1 Å². The lowest BCUT2D eigenvalue weighted by Gasteiger charge is -2.20. The van der Waals surface area contributed by atoms with Crippen LogP contribution < -0.4 is 10.1 Å². The number of nitrogens with one attached hydrogen (secondary N) is 1. The topological polar surface area (TPSA) is 105 Å². The molecule has 0 bridgehead atoms. The first-order valence-electron chi connectivity index (χ1n) is 6.67. The van der Waals surface area contributed by atoms with Gasteiger partial charge in [-0.15, -0.1) is 0 Å². The Morgan fingerprint density at radius 1 is 1.43 bits per heavy atom. The zero-order valence-corrected chi connectivity index (χ0v) is 12.5. The number of aliphatic hydroxyl groups excluding tert-OH is 2. The van der Waals surface area contributed by atoms with E-state index in [1.165, 1.54) is 12.1 Å². The molecule has 0 saturated carbocycles. The van der Waals surface area contributed by atoms with Crippen molar-refractivity contribution >= 4 is 5.69 Å². The lowest BCUT2D eigenvalue weighted by Crippen LogP contribution is -2.35. The van der Waals surface area contributed by atoms with Crippen LogP contribution in [0.3, 0.4) is 0 Å². The quantitative estimate of drug-likeness (QED) is 0.516. The maximum Gasteiger partial charge on any atom is 0.311 e. The van der Waals surface area contributed by atoms with E-state index in [1.54, 1.807) is 6.07 Å². The maximum absolute atomic E-state index is 11.1. The molecule has 0 heterocycles. The first kappa shape index (κ1) is 17.4. The Bertz CT molecular complexity index is 485. The SMILES string of the molecule is CC(C)(C)NCc1ccc(OCC(O)CO)c([N+](=O)[O-])c1. The lowest BCUT2D eigenvalue weighted by molar-refractivity contribution is -0.386. The molecule has 1 aromatic carbocycles. The number of hydrogen-bond donors (Lipinski definition) is 3. The molecular formula is C14H22N2O5. The standard InChI is InChI=1S/C14H22N2O5/c1-14(2,3)15-7-10-4-5-13(12(6-10)16(19)20)21-9-11(18)8-17/h4-6,11,15,17-18H,7-9H2,1-3H3. The Hall–Kier alpha value is -1.70. The van der Waals surface area contributed by atoms with Gasteiger partial charge in [-0.1, -0.05) is 6.07 Å². The highest BCUT2D eigenvalue weighted by Crippen LogP contribution is 2.28. The summed E-state index contributed by atoms with van der Waals surface area (Å²) < 4.78 is 5.18. The fourth-order valence-electron chi connectivity index (χ4n) is 1.54. The van der Waals surface area contributed by atoms with Crippen LogP contribution in [0.5, 0.6) is 5.75 Å². The van der Waals surface area contributed by atoms with Crippen molar-refractivity contribution in [2.24, 2.45) is 0 Å². The molecule has 0 aromatic heterocycles. The summed E-state index contributed by atoms with van der Waals surface area (Å²) in [5.74, 6) is 0.0759. The highest BCUT2D eigenvalue weighted by Gasteiger charge is 2.18. The molecule has 0 radical (unpaired) electrons. The minimum absolute atomic E-state index is 0.0759. The Balaban J connectivity index is 2.84. The fourth-order valence-corrected chi connectivity index (χ4v) is 1.54. The second kappa shape index (κ2) is 7.35. The van der Waals surface area contributed by atoms with Gasteiger partial charge in [-0.05, 0) is 32.4 Å². The first-order chi connectivity index (χ1) is 9.73. The molecule has 118 valence electrons. The first-order valence-corrected chi connectivity index (χ1v) is 6.67. The number of nitro benzene ring substituents is 1. The monoisotopic (exact) mass is 298 g/mol. The Kier molecular flexibility index (Phi) is 6.07. The average molecular weight is 298 g/mol. The predicted octanol–water partition coefficient (Wildman–Crippen LogP) is 1.21. The van der Waals surface area contributed by atoms with Crippen LogP contribution in [-0.2, 0) is 6.54 Å². The van der Waals surface area contributed by atoms with Crippen LogP contribution >= 0.6 is 0 Å². The molecule has 7 nitrogen and oxygen atoms in total. The van der Waals surface area contributed by atoms with Crippen molar-refractivity contribution in [3.05, 3.63) is 33.9 Å². The molecule has 3 N–H and O–H groups in total. The number of nitro groups is 1. The van der Waals surface area contributed by atoms with Crippen LogP contribution in [0.2, 0.25) is 0 Å². The van der Waals surface area contributed by atoms with Crippen LogP contribution in [-0.4, -0.2) is 40.0 Å². The highest BCUT2D eigenvalue weighted by atomic mass is 16.6. The number of nitrogens with zero attached hydrogens (tertiary/aromatic N) is 1. The summed E-state index contributed by atoms with van der Waals surface area (Å²) in [5, 5.41) is 32.3. The van der Waals surface area contributed by atoms with Gasteiger partial charge in [-0.2, -0.15) is 0 Å². The second-order valence-corrected chi connectivity index (χ2v) is 5.81.